The SMILES string of the molecule is [C-]#[N+]/C(C#N)=c1/c2c(/c(=C(\C#N)[N+]#[C-])c3c1-c1c(cccc1-c1nc(C)nc(C)n1)C3)-c1c(cccc1-c1nc(C)nc(C)n1)C2. The van der Waals surface area contributed by atoms with Crippen molar-refractivity contribution in [3.8, 4) is 57.2 Å². The first-order valence-electron chi connectivity index (χ1n) is 14.4. The molecule has 0 atom stereocenters. The van der Waals surface area contributed by atoms with Gasteiger partial charge in [0, 0.05) is 21.6 Å². The maximum Gasteiger partial charge on any atom is 0.269 e. The number of benzene rings is 3. The van der Waals surface area contributed by atoms with E-state index >= 15 is 0 Å². The standard InChI is InChI=1S/C36H22N10/c1-17-41-18(2)44-35(43-17)23-11-7-9-21-13-25-32(28(16-38)40-6)34-26(31(27(15-37)39-5)33(25)29(21)23)14-22-10-8-12-24(30(22)34)36-45-19(3)42-20(4)46-36/h7-12H,13-14H2,1-4H3/b31-27-,32-28+. The predicted molar refractivity (Wildman–Crippen MR) is 170 cm³/mol. The van der Waals surface area contributed by atoms with Crippen molar-refractivity contribution in [1.29, 1.82) is 10.5 Å². The van der Waals surface area contributed by atoms with E-state index < -0.39 is 0 Å². The van der Waals surface area contributed by atoms with Gasteiger partial charge in [-0.2, -0.15) is 0 Å². The van der Waals surface area contributed by atoms with Crippen molar-refractivity contribution in [3.63, 3.8) is 0 Å². The van der Waals surface area contributed by atoms with Gasteiger partial charge in [-0.1, -0.05) is 36.4 Å². The Hall–Kier alpha value is -6.62. The van der Waals surface area contributed by atoms with Gasteiger partial charge in [-0.3, -0.25) is 0 Å². The number of fused-ring (bicyclic) bond motifs is 6. The molecule has 10 nitrogen and oxygen atoms in total. The van der Waals surface area contributed by atoms with Crippen molar-refractivity contribution in [2.45, 2.75) is 40.5 Å². The van der Waals surface area contributed by atoms with Crippen molar-refractivity contribution < 1.29 is 0 Å². The van der Waals surface area contributed by atoms with Crippen LogP contribution < -0.4 is 10.4 Å². The normalized spacial score (nSPS) is 13.2. The fourth-order valence-corrected chi connectivity index (χ4v) is 6.87. The molecule has 2 heterocycles. The lowest BCUT2D eigenvalue weighted by Crippen LogP contribution is -2.26. The molecule has 2 aromatic heterocycles. The molecule has 0 saturated carbocycles. The fourth-order valence-electron chi connectivity index (χ4n) is 6.87. The van der Waals surface area contributed by atoms with Gasteiger partial charge in [0.2, 0.25) is 0 Å². The highest BCUT2D eigenvalue weighted by molar-refractivity contribution is 5.98. The van der Waals surface area contributed by atoms with E-state index in [0.717, 1.165) is 33.4 Å². The number of aromatic nitrogens is 6. The second-order valence-electron chi connectivity index (χ2n) is 11.1. The fraction of sp³-hybridized carbons (Fsp3) is 0.167. The number of nitriles is 2. The summed E-state index contributed by atoms with van der Waals surface area (Å²) >= 11 is 0. The lowest BCUT2D eigenvalue weighted by Gasteiger charge is -2.16. The van der Waals surface area contributed by atoms with Crippen molar-refractivity contribution in [3.05, 3.63) is 115 Å². The molecule has 216 valence electrons. The summed E-state index contributed by atoms with van der Waals surface area (Å²) in [5.41, 5.74) is 7.54. The molecule has 0 unspecified atom stereocenters. The Balaban J connectivity index is 1.71. The number of rotatable bonds is 2. The number of hydrogen-bond donors (Lipinski definition) is 0. The van der Waals surface area contributed by atoms with E-state index in [1.54, 1.807) is 27.7 Å². The Labute approximate surface area is 264 Å². The second-order valence-corrected chi connectivity index (χ2v) is 11.1. The maximum atomic E-state index is 10.4. The van der Waals surface area contributed by atoms with Crippen LogP contribution in [0.3, 0.4) is 0 Å². The Morgan fingerprint density at radius 3 is 1.28 bits per heavy atom. The predicted octanol–water partition coefficient (Wildman–Crippen LogP) is 4.87. The summed E-state index contributed by atoms with van der Waals surface area (Å²) in [4.78, 5) is 34.7. The molecule has 0 saturated heterocycles. The van der Waals surface area contributed by atoms with E-state index in [2.05, 4.69) is 51.7 Å². The van der Waals surface area contributed by atoms with Crippen LogP contribution in [-0.4, -0.2) is 29.9 Å². The lowest BCUT2D eigenvalue weighted by atomic mass is 9.88. The molecule has 0 bridgehead atoms. The number of hydrogen-bond acceptors (Lipinski definition) is 8. The van der Waals surface area contributed by atoms with Crippen LogP contribution in [0.25, 0.3) is 66.1 Å². The van der Waals surface area contributed by atoms with Crippen LogP contribution in [0.15, 0.2) is 36.4 Å². The minimum atomic E-state index is -0.0627. The number of nitrogens with zero attached hydrogens (tertiary/aromatic N) is 10. The quantitative estimate of drug-likeness (QED) is 0.259. The lowest BCUT2D eigenvalue weighted by molar-refractivity contribution is 0.928. The summed E-state index contributed by atoms with van der Waals surface area (Å²) in [5, 5.41) is 21.7. The van der Waals surface area contributed by atoms with Gasteiger partial charge >= 0.3 is 0 Å². The number of aryl methyl sites for hydroxylation is 4. The molecule has 2 aliphatic rings. The van der Waals surface area contributed by atoms with Crippen LogP contribution in [-0.2, 0) is 12.8 Å². The van der Waals surface area contributed by atoms with Gasteiger partial charge in [0.05, 0.1) is 25.3 Å². The van der Waals surface area contributed by atoms with Crippen LogP contribution in [0.4, 0.5) is 0 Å². The summed E-state index contributed by atoms with van der Waals surface area (Å²) in [6, 6.07) is 16.0. The van der Waals surface area contributed by atoms with E-state index in [9.17, 15) is 10.5 Å². The van der Waals surface area contributed by atoms with Crippen LogP contribution >= 0.6 is 0 Å². The van der Waals surface area contributed by atoms with E-state index in [1.807, 2.05) is 36.4 Å². The molecule has 2 aliphatic carbocycles. The van der Waals surface area contributed by atoms with Crippen molar-refractivity contribution in [2.75, 3.05) is 0 Å². The highest BCUT2D eigenvalue weighted by Crippen LogP contribution is 2.45. The molecular formula is C36H22N10. The molecule has 0 spiro atoms. The third-order valence-corrected chi connectivity index (χ3v) is 8.35. The van der Waals surface area contributed by atoms with Crippen LogP contribution in [0.2, 0.25) is 0 Å². The van der Waals surface area contributed by atoms with Gasteiger partial charge in [0.1, 0.15) is 23.3 Å². The second kappa shape index (κ2) is 10.5. The van der Waals surface area contributed by atoms with Gasteiger partial charge in [-0.25, -0.2) is 50.1 Å². The average Bonchev–Trinajstić information content (AvgIpc) is 3.61. The Bertz CT molecular complexity index is 2270. The highest BCUT2D eigenvalue weighted by Gasteiger charge is 2.35. The molecule has 3 aromatic carbocycles. The molecule has 7 rings (SSSR count). The molecule has 0 radical (unpaired) electrons. The maximum absolute atomic E-state index is 10.4. The third-order valence-electron chi connectivity index (χ3n) is 8.35. The van der Waals surface area contributed by atoms with Gasteiger partial charge in [-0.15, -0.1) is 0 Å². The summed E-state index contributed by atoms with van der Waals surface area (Å²) < 4.78 is 0. The smallest absolute Gasteiger partial charge is 0.226 e. The van der Waals surface area contributed by atoms with Crippen molar-refractivity contribution in [2.24, 2.45) is 0 Å². The summed E-state index contributed by atoms with van der Waals surface area (Å²) in [7, 11) is 0. The summed E-state index contributed by atoms with van der Waals surface area (Å²) in [6.07, 6.45) is 0.770. The molecule has 10 heteroatoms. The van der Waals surface area contributed by atoms with Gasteiger partial charge in [0.25, 0.3) is 11.4 Å². The zero-order chi connectivity index (χ0) is 32.3. The van der Waals surface area contributed by atoms with Gasteiger partial charge in [-0.05, 0) is 85.0 Å². The molecule has 0 fully saturated rings. The Kier molecular flexibility index (Phi) is 6.45. The van der Waals surface area contributed by atoms with Gasteiger partial charge in [0.15, 0.2) is 11.6 Å². The van der Waals surface area contributed by atoms with E-state index in [-0.39, 0.29) is 11.4 Å². The monoisotopic (exact) mass is 594 g/mol. The van der Waals surface area contributed by atoms with E-state index in [4.69, 9.17) is 13.1 Å². The largest absolute Gasteiger partial charge is 0.269 e. The molecule has 0 N–H and O–H groups in total. The molecule has 0 amide bonds. The van der Waals surface area contributed by atoms with Crippen LogP contribution in [0.5, 0.6) is 0 Å². The first kappa shape index (κ1) is 28.2. The molecule has 0 aliphatic heterocycles. The molecule has 5 aromatic rings. The van der Waals surface area contributed by atoms with Crippen LogP contribution in [0.1, 0.15) is 45.6 Å². The van der Waals surface area contributed by atoms with E-state index in [1.165, 1.54) is 0 Å². The Morgan fingerprint density at radius 1 is 0.587 bits per heavy atom. The summed E-state index contributed by atoms with van der Waals surface area (Å²) in [5.74, 6) is 3.23. The summed E-state index contributed by atoms with van der Waals surface area (Å²) in [6.45, 7) is 23.4. The molecular weight excluding hydrogens is 572 g/mol. The first-order valence-corrected chi connectivity index (χ1v) is 14.4. The van der Waals surface area contributed by atoms with Crippen molar-refractivity contribution >= 4 is 11.4 Å². The highest BCUT2D eigenvalue weighted by atomic mass is 15.0. The average molecular weight is 595 g/mol. The van der Waals surface area contributed by atoms with Gasteiger partial charge < -0.3 is 0 Å². The zero-order valence-electron chi connectivity index (χ0n) is 25.4. The zero-order valence-corrected chi connectivity index (χ0v) is 25.4. The van der Waals surface area contributed by atoms with Crippen LogP contribution in [0, 0.1) is 63.5 Å². The van der Waals surface area contributed by atoms with E-state index in [0.29, 0.717) is 80.5 Å². The topological polar surface area (TPSA) is 134 Å². The third kappa shape index (κ3) is 4.14. The first-order chi connectivity index (χ1) is 22.3. The Morgan fingerprint density at radius 2 is 0.957 bits per heavy atom. The minimum absolute atomic E-state index is 0.0627. The van der Waals surface area contributed by atoms with Crippen molar-refractivity contribution in [1.82, 2.24) is 29.9 Å². The molecule has 46 heavy (non-hydrogen) atoms. The minimum Gasteiger partial charge on any atom is -0.226 e.